The second-order valence-electron chi connectivity index (χ2n) is 9.97. The fourth-order valence-electron chi connectivity index (χ4n) is 7.90. The van der Waals surface area contributed by atoms with Crippen LogP contribution >= 0.6 is 0 Å². The standard InChI is InChI=1S/C25H27NO6/c1-13(27)17-12-23-7-8-25(17,30-4)22-24(23)9-10-26(14(2)28)19(23)11-16-5-6-18(31-15(3)29)21(32-22)20(16)24/h5-8,17,19,22H,9-12H2,1-4H3/t17?,19-,22+,23+,24-,25+/m1/s1. The molecular weight excluding hydrogens is 410 g/mol. The Morgan fingerprint density at radius 1 is 1.16 bits per heavy atom. The van der Waals surface area contributed by atoms with Gasteiger partial charge in [0.05, 0.1) is 11.3 Å². The first-order valence-corrected chi connectivity index (χ1v) is 11.3. The van der Waals surface area contributed by atoms with Crippen LogP contribution in [0.4, 0.5) is 0 Å². The number of amides is 1. The average molecular weight is 437 g/mol. The van der Waals surface area contributed by atoms with Crippen molar-refractivity contribution >= 4 is 17.7 Å². The molecule has 7 heteroatoms. The Kier molecular flexibility index (Phi) is 3.75. The maximum absolute atomic E-state index is 12.9. The largest absolute Gasteiger partial charge is 0.482 e. The normalized spacial score (nSPS) is 39.4. The van der Waals surface area contributed by atoms with Gasteiger partial charge in [-0.05, 0) is 37.8 Å². The number of ketones is 1. The minimum absolute atomic E-state index is 0.0526. The molecule has 4 bridgehead atoms. The molecule has 7 nitrogen and oxygen atoms in total. The van der Waals surface area contributed by atoms with Gasteiger partial charge in [0, 0.05) is 44.5 Å². The van der Waals surface area contributed by atoms with Crippen molar-refractivity contribution in [1.82, 2.24) is 4.90 Å². The predicted molar refractivity (Wildman–Crippen MR) is 113 cm³/mol. The van der Waals surface area contributed by atoms with Crippen molar-refractivity contribution in [3.8, 4) is 11.5 Å². The molecule has 32 heavy (non-hydrogen) atoms. The molecule has 6 atom stereocenters. The summed E-state index contributed by atoms with van der Waals surface area (Å²) in [6.07, 6.45) is 5.79. The molecule has 1 aromatic rings. The lowest BCUT2D eigenvalue weighted by atomic mass is 9.37. The molecule has 0 radical (unpaired) electrons. The molecule has 1 unspecified atom stereocenters. The lowest BCUT2D eigenvalue weighted by molar-refractivity contribution is -0.214. The summed E-state index contributed by atoms with van der Waals surface area (Å²) in [4.78, 5) is 39.4. The van der Waals surface area contributed by atoms with Gasteiger partial charge in [0.2, 0.25) is 5.91 Å². The van der Waals surface area contributed by atoms with E-state index in [9.17, 15) is 14.4 Å². The second-order valence-corrected chi connectivity index (χ2v) is 9.97. The highest BCUT2D eigenvalue weighted by Crippen LogP contribution is 2.74. The molecule has 4 aliphatic carbocycles. The van der Waals surface area contributed by atoms with E-state index in [-0.39, 0.29) is 23.7 Å². The summed E-state index contributed by atoms with van der Waals surface area (Å²) in [5.41, 5.74) is 0.405. The van der Waals surface area contributed by atoms with Crippen LogP contribution in [0.5, 0.6) is 11.5 Å². The summed E-state index contributed by atoms with van der Waals surface area (Å²) < 4.78 is 18.4. The number of rotatable bonds is 3. The van der Waals surface area contributed by atoms with Gasteiger partial charge < -0.3 is 19.1 Å². The third-order valence-corrected chi connectivity index (χ3v) is 8.94. The number of likely N-dealkylation sites (tertiary alicyclic amines) is 1. The van der Waals surface area contributed by atoms with Crippen LogP contribution in [0.2, 0.25) is 0 Å². The van der Waals surface area contributed by atoms with Crippen LogP contribution in [-0.2, 0) is 31.0 Å². The summed E-state index contributed by atoms with van der Waals surface area (Å²) in [5.74, 6) is 0.332. The highest BCUT2D eigenvalue weighted by atomic mass is 16.6. The van der Waals surface area contributed by atoms with Crippen LogP contribution in [-0.4, -0.2) is 54.0 Å². The van der Waals surface area contributed by atoms with Crippen molar-refractivity contribution in [1.29, 1.82) is 0 Å². The van der Waals surface area contributed by atoms with E-state index < -0.39 is 28.5 Å². The summed E-state index contributed by atoms with van der Waals surface area (Å²) in [5, 5.41) is 0. The van der Waals surface area contributed by atoms with E-state index in [0.717, 1.165) is 11.1 Å². The zero-order valence-electron chi connectivity index (χ0n) is 18.8. The monoisotopic (exact) mass is 437 g/mol. The van der Waals surface area contributed by atoms with Crippen LogP contribution in [0.15, 0.2) is 24.3 Å². The second kappa shape index (κ2) is 6.01. The van der Waals surface area contributed by atoms with Crippen LogP contribution in [0, 0.1) is 11.3 Å². The van der Waals surface area contributed by atoms with Gasteiger partial charge in [-0.3, -0.25) is 14.4 Å². The van der Waals surface area contributed by atoms with E-state index >= 15 is 0 Å². The first kappa shape index (κ1) is 20.0. The van der Waals surface area contributed by atoms with E-state index in [0.29, 0.717) is 37.3 Å². The van der Waals surface area contributed by atoms with Crippen molar-refractivity contribution < 1.29 is 28.6 Å². The third-order valence-electron chi connectivity index (χ3n) is 8.94. The molecule has 1 saturated carbocycles. The summed E-state index contributed by atoms with van der Waals surface area (Å²) in [6.45, 7) is 5.24. The van der Waals surface area contributed by atoms with Gasteiger partial charge in [-0.15, -0.1) is 0 Å². The topological polar surface area (TPSA) is 82.1 Å². The van der Waals surface area contributed by atoms with E-state index in [1.807, 2.05) is 17.0 Å². The highest BCUT2D eigenvalue weighted by molar-refractivity contribution is 5.83. The van der Waals surface area contributed by atoms with Gasteiger partial charge in [-0.25, -0.2) is 0 Å². The Morgan fingerprint density at radius 3 is 2.59 bits per heavy atom. The summed E-state index contributed by atoms with van der Waals surface area (Å²) in [7, 11) is 1.64. The van der Waals surface area contributed by atoms with Gasteiger partial charge in [-0.2, -0.15) is 0 Å². The number of benzene rings is 1. The number of piperidine rings is 1. The van der Waals surface area contributed by atoms with E-state index in [1.165, 1.54) is 6.92 Å². The molecule has 2 aliphatic heterocycles. The summed E-state index contributed by atoms with van der Waals surface area (Å²) >= 11 is 0. The quantitative estimate of drug-likeness (QED) is 0.410. The molecule has 2 spiro atoms. The van der Waals surface area contributed by atoms with Gasteiger partial charge >= 0.3 is 5.97 Å². The fourth-order valence-corrected chi connectivity index (χ4v) is 7.90. The zero-order chi connectivity index (χ0) is 22.6. The molecule has 1 aromatic carbocycles. The van der Waals surface area contributed by atoms with Gasteiger partial charge in [0.1, 0.15) is 17.5 Å². The van der Waals surface area contributed by atoms with Crippen molar-refractivity contribution in [2.75, 3.05) is 13.7 Å². The minimum Gasteiger partial charge on any atom is -0.482 e. The van der Waals surface area contributed by atoms with Gasteiger partial charge in [-0.1, -0.05) is 18.2 Å². The van der Waals surface area contributed by atoms with E-state index in [4.69, 9.17) is 14.2 Å². The number of Topliss-reactive ketones (excluding diaryl/α,β-unsaturated/α-hetero) is 1. The molecule has 7 rings (SSSR count). The third kappa shape index (κ3) is 1.96. The number of ether oxygens (including phenoxy) is 3. The van der Waals surface area contributed by atoms with Gasteiger partial charge in [0.25, 0.3) is 0 Å². The number of hydrogen-bond acceptors (Lipinski definition) is 6. The SMILES string of the molecule is CO[C@@]12C=C[C@]3(CC1C(C)=O)[C@H]1Cc4ccc(OC(C)=O)c5c4[C@]3(CCN1C(C)=O)[C@@H]2O5. The average Bonchev–Trinajstić information content (AvgIpc) is 3.11. The molecule has 1 saturated heterocycles. The molecule has 168 valence electrons. The van der Waals surface area contributed by atoms with Crippen molar-refractivity contribution in [3.05, 3.63) is 35.4 Å². The first-order valence-electron chi connectivity index (χ1n) is 11.3. The molecule has 2 fully saturated rings. The maximum atomic E-state index is 12.9. The molecule has 6 aliphatic rings. The number of nitrogens with zero attached hydrogens (tertiary/aromatic N) is 1. The zero-order valence-corrected chi connectivity index (χ0v) is 18.8. The molecule has 0 aromatic heterocycles. The first-order chi connectivity index (χ1) is 15.2. The van der Waals surface area contributed by atoms with Crippen molar-refractivity contribution in [2.24, 2.45) is 11.3 Å². The molecule has 1 amide bonds. The smallest absolute Gasteiger partial charge is 0.308 e. The fraction of sp³-hybridized carbons (Fsp3) is 0.560. The van der Waals surface area contributed by atoms with Gasteiger partial charge in [0.15, 0.2) is 11.5 Å². The Morgan fingerprint density at radius 2 is 1.94 bits per heavy atom. The summed E-state index contributed by atoms with van der Waals surface area (Å²) in [6, 6.07) is 3.72. The Balaban J connectivity index is 1.68. The Labute approximate surface area is 186 Å². The number of carbonyl (C=O) groups excluding carboxylic acids is 3. The molecule has 2 heterocycles. The van der Waals surface area contributed by atoms with Crippen LogP contribution in [0.3, 0.4) is 0 Å². The van der Waals surface area contributed by atoms with Crippen molar-refractivity contribution in [2.45, 2.75) is 63.2 Å². The number of hydrogen-bond donors (Lipinski definition) is 0. The predicted octanol–water partition coefficient (Wildman–Crippen LogP) is 2.34. The van der Waals surface area contributed by atoms with E-state index in [1.54, 1.807) is 27.0 Å². The lowest BCUT2D eigenvalue weighted by Crippen LogP contribution is -2.80. The van der Waals surface area contributed by atoms with Crippen molar-refractivity contribution in [3.63, 3.8) is 0 Å². The van der Waals surface area contributed by atoms with E-state index in [2.05, 4.69) is 6.08 Å². The highest BCUT2D eigenvalue weighted by Gasteiger charge is 2.80. The molecular formula is C25H27NO6. The maximum Gasteiger partial charge on any atom is 0.308 e. The number of methoxy groups -OCH3 is 1. The number of esters is 1. The Hall–Kier alpha value is -2.67. The van der Waals surface area contributed by atoms with Crippen LogP contribution < -0.4 is 9.47 Å². The van der Waals surface area contributed by atoms with Crippen LogP contribution in [0.25, 0.3) is 0 Å². The lowest BCUT2D eigenvalue weighted by Gasteiger charge is -2.70. The Bertz CT molecular complexity index is 1130. The molecule has 0 N–H and O–H groups in total. The minimum atomic E-state index is -0.905. The number of carbonyl (C=O) groups is 3. The number of fused-ring (bicyclic) bond motifs is 1. The van der Waals surface area contributed by atoms with Crippen LogP contribution in [0.1, 0.15) is 44.7 Å².